The van der Waals surface area contributed by atoms with Crippen LogP contribution in [0, 0.1) is 11.8 Å². The van der Waals surface area contributed by atoms with Crippen LogP contribution in [0.3, 0.4) is 0 Å². The minimum atomic E-state index is -3.05. The molecule has 0 fully saturated rings. The number of nitrogens with one attached hydrogen (secondary N) is 1. The van der Waals surface area contributed by atoms with Gasteiger partial charge >= 0.3 is 6.09 Å². The summed E-state index contributed by atoms with van der Waals surface area (Å²) in [5.41, 5.74) is 3.32. The molecule has 6 heteroatoms. The summed E-state index contributed by atoms with van der Waals surface area (Å²) in [6.07, 6.45) is -1.19. The zero-order valence-corrected chi connectivity index (χ0v) is 12.9. The summed E-state index contributed by atoms with van der Waals surface area (Å²) in [6.45, 7) is 0. The van der Waals surface area contributed by atoms with Crippen molar-refractivity contribution < 1.29 is 17.9 Å². The number of amides is 1. The highest BCUT2D eigenvalue weighted by Gasteiger charge is 2.22. The highest BCUT2D eigenvalue weighted by atomic mass is 32.2. The summed E-state index contributed by atoms with van der Waals surface area (Å²) >= 11 is 0. The van der Waals surface area contributed by atoms with E-state index in [1.165, 1.54) is 0 Å². The Morgan fingerprint density at radius 1 is 1.04 bits per heavy atom. The van der Waals surface area contributed by atoms with Crippen molar-refractivity contribution >= 4 is 17.0 Å². The van der Waals surface area contributed by atoms with Crippen molar-refractivity contribution in [2.24, 2.45) is 0 Å². The van der Waals surface area contributed by atoms with Crippen molar-refractivity contribution in [2.45, 2.75) is 12.5 Å². The molecule has 1 aliphatic carbocycles. The van der Waals surface area contributed by atoms with Gasteiger partial charge < -0.3 is 4.74 Å². The monoisotopic (exact) mass is 327 g/mol. The second-order valence-electron chi connectivity index (χ2n) is 4.96. The molecule has 0 heterocycles. The van der Waals surface area contributed by atoms with Gasteiger partial charge in [0.1, 0.15) is 6.10 Å². The fourth-order valence-electron chi connectivity index (χ4n) is 2.49. The molecule has 0 spiro atoms. The van der Waals surface area contributed by atoms with Gasteiger partial charge in [0.05, 0.1) is 0 Å². The fourth-order valence-corrected chi connectivity index (χ4v) is 2.69. The summed E-state index contributed by atoms with van der Waals surface area (Å²) in [5.74, 6) is 6.21. The number of ether oxygens (including phenoxy) is 1. The maximum atomic E-state index is 11.7. The van der Waals surface area contributed by atoms with E-state index in [1.54, 1.807) is 4.72 Å². The van der Waals surface area contributed by atoms with E-state index >= 15 is 0 Å². The predicted octanol–water partition coefficient (Wildman–Crippen LogP) is 1.94. The van der Waals surface area contributed by atoms with Crippen LogP contribution in [0.2, 0.25) is 0 Å². The molecule has 5 nitrogen and oxygen atoms in total. The smallest absolute Gasteiger partial charge is 0.421 e. The van der Waals surface area contributed by atoms with Gasteiger partial charge in [-0.15, -0.1) is 0 Å². The Morgan fingerprint density at radius 3 is 2.48 bits per heavy atom. The molecule has 0 radical (unpaired) electrons. The van der Waals surface area contributed by atoms with Crippen molar-refractivity contribution in [3.05, 3.63) is 70.8 Å². The molecule has 0 saturated carbocycles. The van der Waals surface area contributed by atoms with E-state index in [1.807, 2.05) is 48.5 Å². The Bertz CT molecular complexity index is 885. The fraction of sp³-hybridized carbons (Fsp3) is 0.118. The van der Waals surface area contributed by atoms with Gasteiger partial charge in [-0.3, -0.25) is 0 Å². The maximum Gasteiger partial charge on any atom is 0.421 e. The van der Waals surface area contributed by atoms with Crippen LogP contribution in [0.4, 0.5) is 4.79 Å². The highest BCUT2D eigenvalue weighted by Crippen LogP contribution is 2.28. The summed E-state index contributed by atoms with van der Waals surface area (Å²) in [4.78, 5) is 11.7. The van der Waals surface area contributed by atoms with E-state index in [4.69, 9.17) is 4.74 Å². The van der Waals surface area contributed by atoms with Crippen molar-refractivity contribution in [3.63, 3.8) is 0 Å². The number of thiol groups is 1. The van der Waals surface area contributed by atoms with Crippen molar-refractivity contribution in [3.8, 4) is 11.8 Å². The second-order valence-corrected chi connectivity index (χ2v) is 5.70. The number of hydrogen-bond donors (Lipinski definition) is 2. The number of carbonyl (C=O) groups excluding carboxylic acids is 1. The van der Waals surface area contributed by atoms with E-state index < -0.39 is 23.1 Å². The summed E-state index contributed by atoms with van der Waals surface area (Å²) < 4.78 is 28.3. The summed E-state index contributed by atoms with van der Waals surface area (Å²) in [5, 5.41) is 0. The van der Waals surface area contributed by atoms with Crippen molar-refractivity contribution in [2.75, 3.05) is 0 Å². The van der Waals surface area contributed by atoms with Gasteiger partial charge in [-0.05, 0) is 17.7 Å². The van der Waals surface area contributed by atoms with Crippen molar-refractivity contribution in [1.82, 2.24) is 4.72 Å². The van der Waals surface area contributed by atoms with E-state index in [2.05, 4.69) is 11.8 Å². The quantitative estimate of drug-likeness (QED) is 0.653. The highest BCUT2D eigenvalue weighted by molar-refractivity contribution is 7.70. The van der Waals surface area contributed by atoms with Crippen LogP contribution >= 0.6 is 0 Å². The van der Waals surface area contributed by atoms with Crippen LogP contribution in [0.1, 0.15) is 28.4 Å². The first kappa shape index (κ1) is 15.1. The summed E-state index contributed by atoms with van der Waals surface area (Å²) in [6, 6.07) is 15.0. The number of rotatable bonds is 2. The molecule has 3 rings (SSSR count). The number of carbonyl (C=O) groups is 1. The number of benzene rings is 2. The third kappa shape index (κ3) is 3.52. The van der Waals surface area contributed by atoms with Gasteiger partial charge in [0.15, 0.2) is 0 Å². The topological polar surface area (TPSA) is 72.5 Å². The van der Waals surface area contributed by atoms with Crippen LogP contribution in [0.5, 0.6) is 0 Å². The van der Waals surface area contributed by atoms with E-state index in [0.29, 0.717) is 6.42 Å². The Kier molecular flexibility index (Phi) is 4.31. The third-order valence-corrected chi connectivity index (χ3v) is 3.86. The van der Waals surface area contributed by atoms with Crippen LogP contribution in [-0.4, -0.2) is 14.5 Å². The minimum absolute atomic E-state index is 0.422. The van der Waals surface area contributed by atoms with E-state index in [9.17, 15) is 13.2 Å². The molecule has 0 aliphatic heterocycles. The Hall–Kier alpha value is -2.78. The lowest BCUT2D eigenvalue weighted by molar-refractivity contribution is 0.103. The molecule has 1 atom stereocenters. The average molecular weight is 327 g/mol. The molecule has 116 valence electrons. The zero-order valence-electron chi connectivity index (χ0n) is 12.0. The van der Waals surface area contributed by atoms with Gasteiger partial charge in [0.2, 0.25) is 10.9 Å². The molecular formula is C17H13NO4S. The zero-order chi connectivity index (χ0) is 16.2. The number of hydrogen-bond acceptors (Lipinski definition) is 4. The molecule has 2 aromatic carbocycles. The van der Waals surface area contributed by atoms with Crippen LogP contribution in [0.15, 0.2) is 48.5 Å². The second kappa shape index (κ2) is 6.55. The van der Waals surface area contributed by atoms with Gasteiger partial charge in [0, 0.05) is 23.1 Å². The first-order valence-electron chi connectivity index (χ1n) is 6.94. The van der Waals surface area contributed by atoms with E-state index in [-0.39, 0.29) is 0 Å². The molecular weight excluding hydrogens is 314 g/mol. The predicted molar refractivity (Wildman–Crippen MR) is 85.2 cm³/mol. The first-order chi connectivity index (χ1) is 11.1. The van der Waals surface area contributed by atoms with Gasteiger partial charge in [0.25, 0.3) is 0 Å². The SMILES string of the molecule is O=C(N[SH](=O)=O)OC1Cc2ccccc2C#Cc2ccccc21. The Balaban J connectivity index is 2.02. The van der Waals surface area contributed by atoms with Crippen LogP contribution < -0.4 is 4.72 Å². The van der Waals surface area contributed by atoms with Crippen molar-refractivity contribution in [1.29, 1.82) is 0 Å². The molecule has 1 N–H and O–H groups in total. The first-order valence-corrected chi connectivity index (χ1v) is 8.12. The van der Waals surface area contributed by atoms with Crippen LogP contribution in [-0.2, 0) is 22.0 Å². The van der Waals surface area contributed by atoms with Crippen LogP contribution in [0.25, 0.3) is 0 Å². The van der Waals surface area contributed by atoms with Gasteiger partial charge in [-0.2, -0.15) is 0 Å². The van der Waals surface area contributed by atoms with E-state index in [0.717, 1.165) is 22.3 Å². The molecule has 23 heavy (non-hydrogen) atoms. The largest absolute Gasteiger partial charge is 0.440 e. The normalized spacial score (nSPS) is 15.3. The molecule has 1 amide bonds. The summed E-state index contributed by atoms with van der Waals surface area (Å²) in [7, 11) is -3.05. The lowest BCUT2D eigenvalue weighted by atomic mass is 9.92. The third-order valence-electron chi connectivity index (χ3n) is 3.49. The van der Waals surface area contributed by atoms with Gasteiger partial charge in [-0.1, -0.05) is 48.2 Å². The standard InChI is InChI=1S/C17H13NO4S/c19-17(18-23(20)21)22-16-11-14-7-2-1-5-12(14)9-10-13-6-3-4-8-15(13)16/h1-8,16,23H,11H2,(H,18,19,20,21). The minimum Gasteiger partial charge on any atom is -0.440 e. The molecule has 2 aromatic rings. The lowest BCUT2D eigenvalue weighted by Crippen LogP contribution is -2.26. The molecule has 0 aromatic heterocycles. The lowest BCUT2D eigenvalue weighted by Gasteiger charge is -2.21. The molecule has 0 bridgehead atoms. The average Bonchev–Trinajstić information content (AvgIpc) is 2.51. The maximum absolute atomic E-state index is 11.7. The molecule has 1 aliphatic rings. The Morgan fingerprint density at radius 2 is 1.70 bits per heavy atom. The number of fused-ring (bicyclic) bond motifs is 2. The Labute approximate surface area is 135 Å². The molecule has 0 saturated heterocycles. The molecule has 1 unspecified atom stereocenters. The van der Waals surface area contributed by atoms with Gasteiger partial charge in [-0.25, -0.2) is 17.9 Å².